The van der Waals surface area contributed by atoms with Crippen molar-refractivity contribution in [3.05, 3.63) is 198 Å². The molecule has 0 spiro atoms. The molecule has 0 aliphatic carbocycles. The summed E-state index contributed by atoms with van der Waals surface area (Å²) in [7, 11) is 0. The van der Waals surface area contributed by atoms with Crippen molar-refractivity contribution in [2.75, 3.05) is 0 Å². The van der Waals surface area contributed by atoms with Gasteiger partial charge in [0.2, 0.25) is 0 Å². The molecule has 11 aromatic rings. The quantitative estimate of drug-likeness (QED) is 0.165. The third-order valence-corrected chi connectivity index (χ3v) is 13.5. The van der Waals surface area contributed by atoms with Gasteiger partial charge in [-0.05, 0) is 0 Å². The molecule has 0 fully saturated rings. The molecule has 56 heavy (non-hydrogen) atoms. The first-order valence-corrected chi connectivity index (χ1v) is 21.2. The van der Waals surface area contributed by atoms with Gasteiger partial charge in [-0.2, -0.15) is 0 Å². The van der Waals surface area contributed by atoms with Crippen molar-refractivity contribution in [1.82, 2.24) is 9.13 Å². The fourth-order valence-corrected chi connectivity index (χ4v) is 11.1. The molecule has 1 aliphatic rings. The van der Waals surface area contributed by atoms with Gasteiger partial charge in [-0.25, -0.2) is 0 Å². The number of rotatable bonds is 3. The summed E-state index contributed by atoms with van der Waals surface area (Å²) in [5.41, 5.74) is 12.0. The summed E-state index contributed by atoms with van der Waals surface area (Å²) >= 11 is -0.711. The zero-order valence-corrected chi connectivity index (χ0v) is 32.2. The Bertz CT molecular complexity index is 3540. The molecule has 0 saturated heterocycles. The Labute approximate surface area is 331 Å². The van der Waals surface area contributed by atoms with E-state index in [1.807, 2.05) is 0 Å². The van der Waals surface area contributed by atoms with Crippen LogP contribution in [0.2, 0.25) is 0 Å². The summed E-state index contributed by atoms with van der Waals surface area (Å²) in [6.45, 7) is 0. The first-order chi connectivity index (χ1) is 27.8. The second-order valence-corrected chi connectivity index (χ2v) is 16.5. The summed E-state index contributed by atoms with van der Waals surface area (Å²) in [6.07, 6.45) is 0. The maximum absolute atomic E-state index is 6.52. The van der Waals surface area contributed by atoms with Gasteiger partial charge in [-0.3, -0.25) is 0 Å². The van der Waals surface area contributed by atoms with E-state index in [0.29, 0.717) is 0 Å². The Kier molecular flexibility index (Phi) is 7.01. The predicted molar refractivity (Wildman–Crippen MR) is 228 cm³/mol. The van der Waals surface area contributed by atoms with Crippen LogP contribution in [0.15, 0.2) is 191 Å². The van der Waals surface area contributed by atoms with E-state index in [-0.39, 0.29) is 0 Å². The van der Waals surface area contributed by atoms with Crippen LogP contribution in [0.4, 0.5) is 0 Å². The number of halogens is 1. The van der Waals surface area contributed by atoms with Crippen LogP contribution in [0.25, 0.3) is 92.1 Å². The number of para-hydroxylation sites is 3. The summed E-state index contributed by atoms with van der Waals surface area (Å²) in [5, 5.41) is 9.47. The SMILES string of the molecule is C1=c2ccccc2=C(c2ccc(-c3ccccc3)cc2)N=C(n2c3ccc4oc5ccccc5c4c3c3ccc4c5ccccc5n(-c5ccccc5)c4c32)[I-]1. The van der Waals surface area contributed by atoms with Crippen molar-refractivity contribution < 1.29 is 25.6 Å². The van der Waals surface area contributed by atoms with E-state index in [4.69, 9.17) is 9.41 Å². The molecule has 0 N–H and O–H groups in total. The monoisotopic (exact) mass is 828 g/mol. The van der Waals surface area contributed by atoms with Gasteiger partial charge in [-0.1, -0.05) is 0 Å². The number of aliphatic imine (C=N–C) groups is 1. The van der Waals surface area contributed by atoms with Gasteiger partial charge in [-0.15, -0.1) is 0 Å². The minimum absolute atomic E-state index is 0.711. The van der Waals surface area contributed by atoms with Gasteiger partial charge in [0.15, 0.2) is 0 Å². The van der Waals surface area contributed by atoms with Gasteiger partial charge < -0.3 is 0 Å². The number of furan rings is 1. The first-order valence-electron chi connectivity index (χ1n) is 18.8. The molecular weight excluding hydrogens is 797 g/mol. The van der Waals surface area contributed by atoms with E-state index < -0.39 is 21.2 Å². The molecule has 5 heteroatoms. The van der Waals surface area contributed by atoms with E-state index >= 15 is 0 Å². The van der Waals surface area contributed by atoms with Crippen molar-refractivity contribution in [2.24, 2.45) is 4.99 Å². The number of benzene rings is 8. The molecule has 3 aromatic heterocycles. The molecule has 264 valence electrons. The fourth-order valence-electron chi connectivity index (χ4n) is 8.75. The zero-order valence-electron chi connectivity index (χ0n) is 30.0. The van der Waals surface area contributed by atoms with Crippen LogP contribution in [0.1, 0.15) is 5.56 Å². The molecular formula is C51H31IN3O-. The Hall–Kier alpha value is -6.70. The van der Waals surface area contributed by atoms with Gasteiger partial charge in [0.05, 0.1) is 0 Å². The van der Waals surface area contributed by atoms with Gasteiger partial charge >= 0.3 is 334 Å². The maximum atomic E-state index is 6.52. The topological polar surface area (TPSA) is 35.4 Å². The second kappa shape index (κ2) is 12.4. The van der Waals surface area contributed by atoms with Crippen LogP contribution in [0.3, 0.4) is 0 Å². The third-order valence-electron chi connectivity index (χ3n) is 11.2. The summed E-state index contributed by atoms with van der Waals surface area (Å²) in [6, 6.07) is 65.3. The zero-order chi connectivity index (χ0) is 36.7. The van der Waals surface area contributed by atoms with Crippen molar-refractivity contribution >= 4 is 79.2 Å². The van der Waals surface area contributed by atoms with Crippen LogP contribution in [-0.4, -0.2) is 13.0 Å². The number of nitrogens with zero attached hydrogens (tertiary/aromatic N) is 3. The predicted octanol–water partition coefficient (Wildman–Crippen LogP) is 8.36. The minimum atomic E-state index is -0.711. The fraction of sp³-hybridized carbons (Fsp3) is 0. The van der Waals surface area contributed by atoms with Crippen molar-refractivity contribution in [2.45, 2.75) is 0 Å². The summed E-state index contributed by atoms with van der Waals surface area (Å²) in [5.74, 6) is 0. The van der Waals surface area contributed by atoms with Crippen LogP contribution in [0, 0.1) is 0 Å². The Morgan fingerprint density at radius 1 is 0.429 bits per heavy atom. The first kappa shape index (κ1) is 31.6. The molecule has 1 aliphatic heterocycles. The summed E-state index contributed by atoms with van der Waals surface area (Å²) < 4.78 is 15.0. The molecule has 0 unspecified atom stereocenters. The van der Waals surface area contributed by atoms with Crippen LogP contribution < -0.4 is 31.6 Å². The van der Waals surface area contributed by atoms with E-state index in [0.717, 1.165) is 59.0 Å². The number of hydrogen-bond acceptors (Lipinski definition) is 2. The molecule has 0 saturated carbocycles. The molecule has 12 rings (SSSR count). The van der Waals surface area contributed by atoms with Crippen LogP contribution >= 0.6 is 0 Å². The molecule has 0 radical (unpaired) electrons. The van der Waals surface area contributed by atoms with Crippen molar-refractivity contribution in [1.29, 1.82) is 0 Å². The van der Waals surface area contributed by atoms with Gasteiger partial charge in [0, 0.05) is 0 Å². The second-order valence-electron chi connectivity index (χ2n) is 14.3. The van der Waals surface area contributed by atoms with E-state index in [1.54, 1.807) is 0 Å². The van der Waals surface area contributed by atoms with E-state index in [9.17, 15) is 0 Å². The molecule has 0 amide bonds. The van der Waals surface area contributed by atoms with Crippen molar-refractivity contribution in [3.63, 3.8) is 0 Å². The Morgan fingerprint density at radius 2 is 1.09 bits per heavy atom. The third kappa shape index (κ3) is 4.67. The van der Waals surface area contributed by atoms with Crippen molar-refractivity contribution in [3.8, 4) is 16.8 Å². The normalized spacial score (nSPS) is 13.3. The van der Waals surface area contributed by atoms with E-state index in [1.165, 1.54) is 48.9 Å². The van der Waals surface area contributed by atoms with E-state index in [2.05, 4.69) is 195 Å². The number of aromatic nitrogens is 2. The van der Waals surface area contributed by atoms with Crippen LogP contribution in [0.5, 0.6) is 0 Å². The number of fused-ring (bicyclic) bond motifs is 12. The average Bonchev–Trinajstić information content (AvgIpc) is 3.87. The summed E-state index contributed by atoms with van der Waals surface area (Å²) in [4.78, 5) is 5.81. The Balaban J connectivity index is 1.23. The molecule has 0 atom stereocenters. The van der Waals surface area contributed by atoms with Gasteiger partial charge in [0.1, 0.15) is 0 Å². The average molecular weight is 829 g/mol. The molecule has 0 bridgehead atoms. The van der Waals surface area contributed by atoms with Gasteiger partial charge in [0.25, 0.3) is 0 Å². The Morgan fingerprint density at radius 3 is 1.95 bits per heavy atom. The molecule has 4 nitrogen and oxygen atoms in total. The molecule has 4 heterocycles. The standard InChI is InChI=1S/C51H31IN3O/c1-3-13-32(14-4-1)33-23-25-34(26-24-33)48-37-18-8-7-15-35(37)31-52-51(53-48)55-43-29-30-45-47(40-20-10-12-22-44(40)56-45)46(43)41-28-27-39-38-19-9-11-21-42(38)54(49(39)50(41)55)36-16-5-2-6-17-36/h1-31H/q-1. The molecule has 8 aromatic carbocycles. The van der Waals surface area contributed by atoms with Crippen LogP contribution in [-0.2, 0) is 0 Å². The number of hydrogen-bond donors (Lipinski definition) is 0.